The zero-order valence-corrected chi connectivity index (χ0v) is 14.6. The molecule has 2 aromatic carbocycles. The van der Waals surface area contributed by atoms with Gasteiger partial charge in [-0.3, -0.25) is 4.79 Å². The number of nitrogens with one attached hydrogen (secondary N) is 1. The van der Waals surface area contributed by atoms with Crippen molar-refractivity contribution < 1.29 is 9.21 Å². The van der Waals surface area contributed by atoms with Crippen LogP contribution in [0.5, 0.6) is 0 Å². The van der Waals surface area contributed by atoms with Gasteiger partial charge in [0.05, 0.1) is 0 Å². The first kappa shape index (κ1) is 15.7. The summed E-state index contributed by atoms with van der Waals surface area (Å²) in [7, 11) is 0. The van der Waals surface area contributed by atoms with Crippen LogP contribution in [-0.2, 0) is 11.2 Å². The number of aromatic nitrogens is 1. The number of oxazole rings is 1. The predicted octanol–water partition coefficient (Wildman–Crippen LogP) is 3.91. The summed E-state index contributed by atoms with van der Waals surface area (Å²) in [5.41, 5.74) is 4.67. The molecule has 128 valence electrons. The smallest absolute Gasteiger partial charge is 0.249 e. The van der Waals surface area contributed by atoms with E-state index in [2.05, 4.69) is 23.3 Å². The average molecular weight is 335 g/mol. The largest absolute Gasteiger partial charge is 0.441 e. The molecule has 2 atom stereocenters. The molecule has 0 saturated carbocycles. The summed E-state index contributed by atoms with van der Waals surface area (Å²) in [5, 5.41) is 3.30. The normalized spacial score (nSPS) is 17.6. The molecule has 25 heavy (non-hydrogen) atoms. The number of rotatable bonds is 3. The molecule has 0 saturated heterocycles. The molecule has 4 rings (SSSR count). The van der Waals surface area contributed by atoms with Crippen molar-refractivity contribution >= 4 is 28.4 Å². The lowest BCUT2D eigenvalue weighted by Crippen LogP contribution is -2.44. The number of aryl methyl sites for hydroxylation is 1. The quantitative estimate of drug-likeness (QED) is 0.788. The Labute approximate surface area is 146 Å². The number of benzene rings is 2. The van der Waals surface area contributed by atoms with E-state index in [-0.39, 0.29) is 18.0 Å². The van der Waals surface area contributed by atoms with Gasteiger partial charge in [-0.25, -0.2) is 4.98 Å². The summed E-state index contributed by atoms with van der Waals surface area (Å²) in [5.74, 6) is 0.715. The highest BCUT2D eigenvalue weighted by Gasteiger charge is 2.32. The highest BCUT2D eigenvalue weighted by Crippen LogP contribution is 2.32. The summed E-state index contributed by atoms with van der Waals surface area (Å²) < 4.78 is 5.50. The highest BCUT2D eigenvalue weighted by molar-refractivity contribution is 6.00. The Balaban J connectivity index is 1.55. The van der Waals surface area contributed by atoms with Crippen molar-refractivity contribution in [3.8, 4) is 0 Å². The minimum atomic E-state index is -0.334. The molecule has 0 bridgehead atoms. The van der Waals surface area contributed by atoms with Crippen molar-refractivity contribution in [3.05, 3.63) is 53.9 Å². The monoisotopic (exact) mass is 335 g/mol. The predicted molar refractivity (Wildman–Crippen MR) is 98.9 cm³/mol. The Hall–Kier alpha value is -2.82. The summed E-state index contributed by atoms with van der Waals surface area (Å²) in [6, 6.07) is 13.7. The lowest BCUT2D eigenvalue weighted by atomic mass is 10.1. The second-order valence-electron chi connectivity index (χ2n) is 6.67. The summed E-state index contributed by atoms with van der Waals surface area (Å²) in [6.07, 6.45) is 0.902. The van der Waals surface area contributed by atoms with E-state index in [1.165, 1.54) is 5.56 Å². The summed E-state index contributed by atoms with van der Waals surface area (Å²) >= 11 is 0. The van der Waals surface area contributed by atoms with Crippen LogP contribution in [0.3, 0.4) is 0 Å². The van der Waals surface area contributed by atoms with Gasteiger partial charge in [0, 0.05) is 24.3 Å². The molecule has 3 aromatic rings. The fourth-order valence-electron chi connectivity index (χ4n) is 3.55. The average Bonchev–Trinajstić information content (AvgIpc) is 3.11. The Morgan fingerprint density at radius 2 is 2.12 bits per heavy atom. The number of nitrogens with zero attached hydrogens (tertiary/aromatic N) is 2. The van der Waals surface area contributed by atoms with Gasteiger partial charge in [0.2, 0.25) is 5.91 Å². The van der Waals surface area contributed by atoms with Crippen LogP contribution in [0.25, 0.3) is 11.1 Å². The number of hydrogen-bond donors (Lipinski definition) is 1. The summed E-state index contributed by atoms with van der Waals surface area (Å²) in [6.45, 7) is 5.81. The van der Waals surface area contributed by atoms with Crippen molar-refractivity contribution in [1.82, 2.24) is 4.98 Å². The molecule has 0 fully saturated rings. The zero-order chi connectivity index (χ0) is 17.6. The van der Waals surface area contributed by atoms with E-state index in [4.69, 9.17) is 4.42 Å². The molecule has 0 spiro atoms. The van der Waals surface area contributed by atoms with E-state index in [1.54, 1.807) is 0 Å². The molecular formula is C20H21N3O2. The molecule has 5 heteroatoms. The molecule has 5 nitrogen and oxygen atoms in total. The first-order valence-electron chi connectivity index (χ1n) is 8.57. The van der Waals surface area contributed by atoms with Crippen LogP contribution in [0.4, 0.5) is 11.4 Å². The second-order valence-corrected chi connectivity index (χ2v) is 6.67. The molecule has 1 aliphatic rings. The number of anilines is 2. The number of carbonyl (C=O) groups is 1. The lowest BCUT2D eigenvalue weighted by Gasteiger charge is -2.27. The van der Waals surface area contributed by atoms with Crippen LogP contribution in [0, 0.1) is 6.92 Å². The van der Waals surface area contributed by atoms with Gasteiger partial charge in [-0.2, -0.15) is 0 Å². The third-order valence-corrected chi connectivity index (χ3v) is 4.69. The molecular weight excluding hydrogens is 314 g/mol. The van der Waals surface area contributed by atoms with E-state index in [1.807, 2.05) is 55.1 Å². The SMILES string of the molecule is Cc1nc2cc(NC(C)C(=O)N3c4ccccc4CC3C)ccc2o1. The van der Waals surface area contributed by atoms with Gasteiger partial charge in [0.15, 0.2) is 11.5 Å². The molecule has 1 amide bonds. The maximum Gasteiger partial charge on any atom is 0.249 e. The Morgan fingerprint density at radius 1 is 1.32 bits per heavy atom. The van der Waals surface area contributed by atoms with Crippen LogP contribution < -0.4 is 10.2 Å². The number of amides is 1. The number of hydrogen-bond acceptors (Lipinski definition) is 4. The Morgan fingerprint density at radius 3 is 2.96 bits per heavy atom. The topological polar surface area (TPSA) is 58.4 Å². The maximum atomic E-state index is 13.0. The molecule has 2 unspecified atom stereocenters. The van der Waals surface area contributed by atoms with E-state index in [9.17, 15) is 4.79 Å². The van der Waals surface area contributed by atoms with Gasteiger partial charge in [-0.05, 0) is 50.1 Å². The molecule has 0 radical (unpaired) electrons. The van der Waals surface area contributed by atoms with Crippen LogP contribution >= 0.6 is 0 Å². The van der Waals surface area contributed by atoms with E-state index in [0.717, 1.165) is 28.9 Å². The van der Waals surface area contributed by atoms with Crippen molar-refractivity contribution in [2.45, 2.75) is 39.3 Å². The highest BCUT2D eigenvalue weighted by atomic mass is 16.3. The number of fused-ring (bicyclic) bond motifs is 2. The van der Waals surface area contributed by atoms with Gasteiger partial charge in [0.1, 0.15) is 11.6 Å². The van der Waals surface area contributed by atoms with E-state index >= 15 is 0 Å². The lowest BCUT2D eigenvalue weighted by molar-refractivity contribution is -0.119. The van der Waals surface area contributed by atoms with Crippen molar-refractivity contribution in [1.29, 1.82) is 0 Å². The Kier molecular flexibility index (Phi) is 3.71. The Bertz CT molecular complexity index is 947. The standard InChI is InChI=1S/C20H21N3O2/c1-12-10-15-6-4-5-7-18(15)23(12)20(24)13(2)21-16-8-9-19-17(11-16)22-14(3)25-19/h4-9,11-13,21H,10H2,1-3H3. The van der Waals surface area contributed by atoms with E-state index < -0.39 is 0 Å². The minimum absolute atomic E-state index is 0.0777. The minimum Gasteiger partial charge on any atom is -0.441 e. The van der Waals surface area contributed by atoms with Crippen molar-refractivity contribution in [3.63, 3.8) is 0 Å². The molecule has 2 heterocycles. The van der Waals surface area contributed by atoms with Crippen LogP contribution in [0.15, 0.2) is 46.9 Å². The van der Waals surface area contributed by atoms with Gasteiger partial charge in [0.25, 0.3) is 0 Å². The summed E-state index contributed by atoms with van der Waals surface area (Å²) in [4.78, 5) is 19.3. The molecule has 1 aromatic heterocycles. The van der Waals surface area contributed by atoms with E-state index in [0.29, 0.717) is 5.89 Å². The van der Waals surface area contributed by atoms with Gasteiger partial charge in [-0.15, -0.1) is 0 Å². The maximum absolute atomic E-state index is 13.0. The van der Waals surface area contributed by atoms with Crippen LogP contribution in [-0.4, -0.2) is 23.0 Å². The third-order valence-electron chi connectivity index (χ3n) is 4.69. The fourth-order valence-corrected chi connectivity index (χ4v) is 3.55. The molecule has 0 aliphatic carbocycles. The number of para-hydroxylation sites is 1. The molecule has 1 aliphatic heterocycles. The van der Waals surface area contributed by atoms with Crippen LogP contribution in [0.1, 0.15) is 25.3 Å². The van der Waals surface area contributed by atoms with Gasteiger partial charge in [-0.1, -0.05) is 18.2 Å². The third kappa shape index (κ3) is 2.76. The van der Waals surface area contributed by atoms with Crippen molar-refractivity contribution in [2.24, 2.45) is 0 Å². The fraction of sp³-hybridized carbons (Fsp3) is 0.300. The van der Waals surface area contributed by atoms with Gasteiger partial charge < -0.3 is 14.6 Å². The van der Waals surface area contributed by atoms with Crippen molar-refractivity contribution in [2.75, 3.05) is 10.2 Å². The number of carbonyl (C=O) groups excluding carboxylic acids is 1. The first-order valence-corrected chi connectivity index (χ1v) is 8.57. The molecule has 1 N–H and O–H groups in total. The first-order chi connectivity index (χ1) is 12.0. The second kappa shape index (κ2) is 5.92. The van der Waals surface area contributed by atoms with Crippen LogP contribution in [0.2, 0.25) is 0 Å². The van der Waals surface area contributed by atoms with Gasteiger partial charge >= 0.3 is 0 Å². The zero-order valence-electron chi connectivity index (χ0n) is 14.6.